The molecule has 8 nitrogen and oxygen atoms in total. The topological polar surface area (TPSA) is 111 Å². The third-order valence-corrected chi connectivity index (χ3v) is 10.8. The van der Waals surface area contributed by atoms with Crippen LogP contribution in [0.15, 0.2) is 48.1 Å². The Labute approximate surface area is 241 Å². The molecule has 1 aromatic carbocycles. The van der Waals surface area contributed by atoms with Gasteiger partial charge >= 0.3 is 0 Å². The van der Waals surface area contributed by atoms with Crippen LogP contribution in [0.2, 0.25) is 0 Å². The van der Waals surface area contributed by atoms with Gasteiger partial charge in [0, 0.05) is 29.4 Å². The van der Waals surface area contributed by atoms with Crippen LogP contribution in [0.3, 0.4) is 0 Å². The lowest BCUT2D eigenvalue weighted by Gasteiger charge is -2.59. The van der Waals surface area contributed by atoms with E-state index in [9.17, 15) is 19.5 Å². The number of hydrogen-bond acceptors (Lipinski definition) is 7. The molecule has 0 bridgehead atoms. The van der Waals surface area contributed by atoms with E-state index in [1.807, 2.05) is 6.08 Å². The van der Waals surface area contributed by atoms with Crippen molar-refractivity contribution in [2.75, 3.05) is 11.9 Å². The zero-order valence-corrected chi connectivity index (χ0v) is 24.4. The lowest BCUT2D eigenvalue weighted by atomic mass is 9.46. The minimum Gasteiger partial charge on any atom is -0.486 e. The number of benzene rings is 1. The largest absolute Gasteiger partial charge is 0.486 e. The van der Waals surface area contributed by atoms with Crippen LogP contribution >= 0.6 is 0 Å². The minimum atomic E-state index is -1.21. The Bertz CT molecular complexity index is 1300. The summed E-state index contributed by atoms with van der Waals surface area (Å²) in [6.07, 6.45) is 8.19. The molecule has 6 rings (SSSR count). The van der Waals surface area contributed by atoms with Crippen LogP contribution in [-0.4, -0.2) is 53.3 Å². The second-order valence-corrected chi connectivity index (χ2v) is 13.1. The highest BCUT2D eigenvalue weighted by Gasteiger charge is 2.75. The third-order valence-electron chi connectivity index (χ3n) is 10.8. The van der Waals surface area contributed by atoms with Gasteiger partial charge in [-0.1, -0.05) is 38.8 Å². The number of amides is 1. The molecule has 0 spiro atoms. The van der Waals surface area contributed by atoms with Crippen molar-refractivity contribution in [3.05, 3.63) is 48.1 Å². The smallest absolute Gasteiger partial charge is 0.221 e. The fourth-order valence-electron chi connectivity index (χ4n) is 9.10. The number of allylic oxidation sites excluding steroid dienone is 4. The molecule has 5 aliphatic rings. The number of rotatable bonds is 7. The first kappa shape index (κ1) is 28.3. The number of hydrogen-bond donors (Lipinski definition) is 2. The Morgan fingerprint density at radius 1 is 1.20 bits per heavy atom. The number of anilines is 1. The summed E-state index contributed by atoms with van der Waals surface area (Å²) >= 11 is 0. The molecule has 0 aromatic heterocycles. The summed E-state index contributed by atoms with van der Waals surface area (Å²) in [6.45, 7) is 7.60. The van der Waals surface area contributed by atoms with Gasteiger partial charge < -0.3 is 24.6 Å². The molecule has 220 valence electrons. The van der Waals surface area contributed by atoms with Crippen LogP contribution in [-0.2, 0) is 23.9 Å². The highest BCUT2D eigenvalue weighted by Crippen LogP contribution is 2.69. The van der Waals surface area contributed by atoms with Gasteiger partial charge in [0.25, 0.3) is 0 Å². The van der Waals surface area contributed by atoms with Gasteiger partial charge in [-0.05, 0) is 80.4 Å². The maximum Gasteiger partial charge on any atom is 0.221 e. The second-order valence-electron chi connectivity index (χ2n) is 13.1. The van der Waals surface area contributed by atoms with Gasteiger partial charge in [0.2, 0.25) is 11.7 Å². The van der Waals surface area contributed by atoms with Gasteiger partial charge in [-0.2, -0.15) is 0 Å². The first-order chi connectivity index (χ1) is 19.5. The van der Waals surface area contributed by atoms with Gasteiger partial charge in [0.05, 0.1) is 12.2 Å². The zero-order chi connectivity index (χ0) is 29.2. The van der Waals surface area contributed by atoms with E-state index in [0.29, 0.717) is 30.7 Å². The molecule has 1 saturated heterocycles. The number of carbonyl (C=O) groups is 3. The molecule has 2 unspecified atom stereocenters. The first-order valence-electron chi connectivity index (χ1n) is 15.0. The van der Waals surface area contributed by atoms with E-state index in [-0.39, 0.29) is 47.2 Å². The van der Waals surface area contributed by atoms with E-state index in [1.54, 1.807) is 36.4 Å². The van der Waals surface area contributed by atoms with E-state index < -0.39 is 29.5 Å². The van der Waals surface area contributed by atoms with Crippen molar-refractivity contribution in [1.29, 1.82) is 0 Å². The number of fused-ring (bicyclic) bond motifs is 7. The average Bonchev–Trinajstić information content (AvgIpc) is 3.40. The van der Waals surface area contributed by atoms with Crippen molar-refractivity contribution in [3.8, 4) is 5.75 Å². The fraction of sp³-hybridized carbons (Fsp3) is 0.606. The standard InChI is InChI=1S/C33H41NO7/c1-5-6-29-40-28-16-25-24-12-7-20-15-22(36)13-14-31(20,3)30(24)26(37)17-32(25,4)33(28,41-29)27(38)18-39-23-10-8-21(9-11-23)34-19(2)35/h8-11,13-15,24-26,28-30,37H,5-7,12,16-18H2,1-4H3,(H,34,35)/t24-,25?,26-,28?,29+,30+,31-,32-,33+/m0/s1. The molecule has 1 heterocycles. The Morgan fingerprint density at radius 2 is 1.95 bits per heavy atom. The van der Waals surface area contributed by atoms with Crippen LogP contribution in [0, 0.1) is 28.6 Å². The van der Waals surface area contributed by atoms with E-state index in [1.165, 1.54) is 6.92 Å². The van der Waals surface area contributed by atoms with Crippen molar-refractivity contribution >= 4 is 23.2 Å². The van der Waals surface area contributed by atoms with Crippen molar-refractivity contribution in [2.24, 2.45) is 28.6 Å². The fourth-order valence-corrected chi connectivity index (χ4v) is 9.10. The lowest BCUT2D eigenvalue weighted by molar-refractivity contribution is -0.200. The number of aliphatic hydroxyl groups is 1. The van der Waals surface area contributed by atoms with E-state index in [2.05, 4.69) is 26.1 Å². The minimum absolute atomic E-state index is 0.0135. The summed E-state index contributed by atoms with van der Waals surface area (Å²) in [5.41, 5.74) is -0.479. The van der Waals surface area contributed by atoms with Crippen LogP contribution in [0.1, 0.15) is 66.2 Å². The molecule has 4 fully saturated rings. The van der Waals surface area contributed by atoms with E-state index >= 15 is 0 Å². The first-order valence-corrected chi connectivity index (χ1v) is 15.0. The van der Waals surface area contributed by atoms with Gasteiger partial charge in [-0.25, -0.2) is 0 Å². The van der Waals surface area contributed by atoms with Gasteiger partial charge in [-0.15, -0.1) is 0 Å². The lowest BCUT2D eigenvalue weighted by Crippen LogP contribution is -2.63. The molecule has 8 heteroatoms. The van der Waals surface area contributed by atoms with Crippen LogP contribution in [0.4, 0.5) is 5.69 Å². The third kappa shape index (κ3) is 4.33. The summed E-state index contributed by atoms with van der Waals surface area (Å²) < 4.78 is 19.2. The maximum atomic E-state index is 14.3. The van der Waals surface area contributed by atoms with Gasteiger partial charge in [-0.3, -0.25) is 14.4 Å². The summed E-state index contributed by atoms with van der Waals surface area (Å²) in [6, 6.07) is 6.92. The van der Waals surface area contributed by atoms with Crippen molar-refractivity contribution < 1.29 is 33.7 Å². The van der Waals surface area contributed by atoms with Crippen molar-refractivity contribution in [2.45, 2.75) is 90.3 Å². The molecule has 3 saturated carbocycles. The zero-order valence-electron chi connectivity index (χ0n) is 24.4. The molecular formula is C33H41NO7. The molecule has 9 atom stereocenters. The summed E-state index contributed by atoms with van der Waals surface area (Å²) in [5.74, 6) is 0.457. The van der Waals surface area contributed by atoms with Gasteiger partial charge in [0.15, 0.2) is 17.7 Å². The molecule has 0 radical (unpaired) electrons. The quantitative estimate of drug-likeness (QED) is 0.492. The number of carbonyl (C=O) groups excluding carboxylic acids is 3. The normalized spacial score (nSPS) is 40.6. The monoisotopic (exact) mass is 563 g/mol. The highest BCUT2D eigenvalue weighted by atomic mass is 16.7. The Hall–Kier alpha value is -2.81. The van der Waals surface area contributed by atoms with Crippen LogP contribution in [0.25, 0.3) is 0 Å². The molecule has 2 N–H and O–H groups in total. The number of ketones is 2. The van der Waals surface area contributed by atoms with E-state index in [4.69, 9.17) is 14.2 Å². The van der Waals surface area contributed by atoms with E-state index in [0.717, 1.165) is 24.8 Å². The predicted octanol–water partition coefficient (Wildman–Crippen LogP) is 4.76. The molecule has 1 aromatic rings. The number of aliphatic hydroxyl groups excluding tert-OH is 1. The Morgan fingerprint density at radius 3 is 2.66 bits per heavy atom. The molecule has 1 aliphatic heterocycles. The average molecular weight is 564 g/mol. The molecular weight excluding hydrogens is 522 g/mol. The number of nitrogens with one attached hydrogen (secondary N) is 1. The highest BCUT2D eigenvalue weighted by molar-refractivity contribution is 6.01. The number of Topliss-reactive ketones (excluding diaryl/α,β-unsaturated/α-hetero) is 1. The SMILES string of the molecule is CCC[C@@H]1OC2CC3[C@@H]4CCC5=CC(=O)C=C[C@]5(C)[C@H]4[C@@H](O)C[C@]3(C)[C@]2(C(=O)COc2ccc(NC(C)=O)cc2)O1. The van der Waals surface area contributed by atoms with Crippen LogP contribution < -0.4 is 10.1 Å². The second kappa shape index (κ2) is 10.2. The summed E-state index contributed by atoms with van der Waals surface area (Å²) in [5, 5.41) is 14.6. The maximum absolute atomic E-state index is 14.3. The Kier molecular flexibility index (Phi) is 7.03. The van der Waals surface area contributed by atoms with Crippen molar-refractivity contribution in [1.82, 2.24) is 0 Å². The number of ether oxygens (including phenoxy) is 3. The summed E-state index contributed by atoms with van der Waals surface area (Å²) in [4.78, 5) is 37.8. The molecule has 4 aliphatic carbocycles. The molecule has 1 amide bonds. The van der Waals surface area contributed by atoms with Crippen molar-refractivity contribution in [3.63, 3.8) is 0 Å². The molecule has 41 heavy (non-hydrogen) atoms. The predicted molar refractivity (Wildman–Crippen MR) is 152 cm³/mol. The van der Waals surface area contributed by atoms with Crippen LogP contribution in [0.5, 0.6) is 5.75 Å². The Balaban J connectivity index is 1.29. The summed E-state index contributed by atoms with van der Waals surface area (Å²) in [7, 11) is 0. The van der Waals surface area contributed by atoms with Gasteiger partial charge in [0.1, 0.15) is 12.4 Å².